The number of piperidine rings is 1. The maximum absolute atomic E-state index is 13.3. The number of nitroso groups, excluding NO2 is 1. The lowest BCUT2D eigenvalue weighted by Gasteiger charge is -2.26. The quantitative estimate of drug-likeness (QED) is 0.219. The van der Waals surface area contributed by atoms with E-state index in [1.807, 2.05) is 23.6 Å². The monoisotopic (exact) mass is 441 g/mol. The van der Waals surface area contributed by atoms with Crippen molar-refractivity contribution in [2.45, 2.75) is 32.7 Å². The third-order valence-corrected chi connectivity index (χ3v) is 6.45. The van der Waals surface area contributed by atoms with E-state index >= 15 is 0 Å². The molecular formula is C26H27N5O2. The van der Waals surface area contributed by atoms with Crippen LogP contribution < -0.4 is 0 Å². The molecule has 4 aromatic rings. The van der Waals surface area contributed by atoms with Gasteiger partial charge in [-0.3, -0.25) is 4.79 Å². The second-order valence-corrected chi connectivity index (χ2v) is 8.62. The van der Waals surface area contributed by atoms with Crippen molar-refractivity contribution in [2.24, 2.45) is 5.18 Å². The van der Waals surface area contributed by atoms with Gasteiger partial charge < -0.3 is 9.47 Å². The van der Waals surface area contributed by atoms with Crippen molar-refractivity contribution in [1.29, 1.82) is 0 Å². The summed E-state index contributed by atoms with van der Waals surface area (Å²) in [6.07, 6.45) is 7.17. The average Bonchev–Trinajstić information content (AvgIpc) is 3.35. The molecule has 0 amide bonds. The molecule has 0 radical (unpaired) electrons. The highest BCUT2D eigenvalue weighted by Crippen LogP contribution is 2.26. The van der Waals surface area contributed by atoms with Crippen molar-refractivity contribution in [3.8, 4) is 0 Å². The molecule has 0 N–H and O–H groups in total. The number of nitrogens with zero attached hydrogens (tertiary/aromatic N) is 5. The molecule has 7 nitrogen and oxygen atoms in total. The number of aromatic nitrogens is 3. The number of likely N-dealkylation sites (tertiary alicyclic amines) is 1. The second-order valence-electron chi connectivity index (χ2n) is 8.62. The molecule has 168 valence electrons. The second kappa shape index (κ2) is 9.11. The normalized spacial score (nSPS) is 15.1. The maximum Gasteiger partial charge on any atom is 0.191 e. The number of carbonyl (C=O) groups excluding carboxylic acids is 1. The summed E-state index contributed by atoms with van der Waals surface area (Å²) in [7, 11) is 0. The molecule has 33 heavy (non-hydrogen) atoms. The number of carbonyl (C=O) groups is 1. The Kier molecular flexibility index (Phi) is 5.88. The molecule has 0 spiro atoms. The van der Waals surface area contributed by atoms with Gasteiger partial charge in [-0.1, -0.05) is 36.8 Å². The van der Waals surface area contributed by atoms with Crippen molar-refractivity contribution >= 4 is 34.2 Å². The van der Waals surface area contributed by atoms with Gasteiger partial charge in [-0.2, -0.15) is 5.10 Å². The highest BCUT2D eigenvalue weighted by molar-refractivity contribution is 6.12. The van der Waals surface area contributed by atoms with Gasteiger partial charge in [0.1, 0.15) is 11.3 Å². The van der Waals surface area contributed by atoms with Crippen molar-refractivity contribution in [3.05, 3.63) is 76.3 Å². The lowest BCUT2D eigenvalue weighted by atomic mass is 10.1. The number of hydrogen-bond acceptors (Lipinski definition) is 5. The van der Waals surface area contributed by atoms with E-state index < -0.39 is 0 Å². The Hall–Kier alpha value is -3.58. The number of benzene rings is 2. The van der Waals surface area contributed by atoms with E-state index in [0.29, 0.717) is 11.3 Å². The van der Waals surface area contributed by atoms with Crippen LogP contribution in [0.1, 0.15) is 40.9 Å². The van der Waals surface area contributed by atoms with E-state index in [4.69, 9.17) is 5.10 Å². The Balaban J connectivity index is 1.52. The van der Waals surface area contributed by atoms with Crippen LogP contribution in [-0.4, -0.2) is 44.5 Å². The molecule has 0 bridgehead atoms. The number of rotatable bonds is 7. The summed E-state index contributed by atoms with van der Waals surface area (Å²) in [4.78, 5) is 26.5. The van der Waals surface area contributed by atoms with Gasteiger partial charge in [0.15, 0.2) is 5.78 Å². The van der Waals surface area contributed by atoms with Crippen molar-refractivity contribution < 1.29 is 4.79 Å². The zero-order valence-corrected chi connectivity index (χ0v) is 18.8. The number of para-hydroxylation sites is 2. The van der Waals surface area contributed by atoms with E-state index in [-0.39, 0.29) is 5.78 Å². The lowest BCUT2D eigenvalue weighted by Crippen LogP contribution is -2.32. The summed E-state index contributed by atoms with van der Waals surface area (Å²) in [5.41, 5.74) is 5.50. The summed E-state index contributed by atoms with van der Waals surface area (Å²) in [5.74, 6) is -0.0814. The molecule has 1 fully saturated rings. The van der Waals surface area contributed by atoms with Crippen molar-refractivity contribution in [3.63, 3.8) is 0 Å². The molecule has 1 aliphatic heterocycles. The first-order chi connectivity index (χ1) is 16.2. The van der Waals surface area contributed by atoms with Crippen molar-refractivity contribution in [2.75, 3.05) is 19.6 Å². The minimum absolute atomic E-state index is 0.0814. The Bertz CT molecular complexity index is 1340. The fourth-order valence-electron chi connectivity index (χ4n) is 4.76. The zero-order valence-electron chi connectivity index (χ0n) is 18.8. The molecule has 5 rings (SSSR count). The SMILES string of the molecule is Cc1nn2c3ccccc3n(CCN3CCCCC3)c2c1C(=O)/C=C/c1ccc(N=O)cc1. The molecule has 1 saturated heterocycles. The van der Waals surface area contributed by atoms with Crippen LogP contribution in [0.4, 0.5) is 5.69 Å². The molecule has 0 atom stereocenters. The molecular weight excluding hydrogens is 414 g/mol. The van der Waals surface area contributed by atoms with Crippen molar-refractivity contribution in [1.82, 2.24) is 19.1 Å². The third-order valence-electron chi connectivity index (χ3n) is 6.45. The fourth-order valence-corrected chi connectivity index (χ4v) is 4.76. The first-order valence-corrected chi connectivity index (χ1v) is 11.5. The standard InChI is InChI=1S/C26H27N5O2/c1-19-25(24(32)14-11-20-9-12-21(28-33)13-10-20)26-30(18-17-29-15-5-2-6-16-29)22-7-3-4-8-23(22)31(26)27-19/h3-4,7-14H,2,5-6,15-18H2,1H3/b14-11+. The summed E-state index contributed by atoms with van der Waals surface area (Å²) in [6, 6.07) is 15.0. The Morgan fingerprint density at radius 2 is 1.73 bits per heavy atom. The van der Waals surface area contributed by atoms with Gasteiger partial charge in [0, 0.05) is 13.1 Å². The average molecular weight is 442 g/mol. The Morgan fingerprint density at radius 3 is 2.45 bits per heavy atom. The van der Waals surface area contributed by atoms with Gasteiger partial charge in [-0.25, -0.2) is 4.52 Å². The topological polar surface area (TPSA) is 72.0 Å². The number of ketones is 1. The predicted octanol–water partition coefficient (Wildman–Crippen LogP) is 5.38. The van der Waals surface area contributed by atoms with Crippen LogP contribution in [0.25, 0.3) is 22.8 Å². The number of allylic oxidation sites excluding steroid dienone is 1. The molecule has 0 saturated carbocycles. The fraction of sp³-hybridized carbons (Fsp3) is 0.308. The van der Waals surface area contributed by atoms with Crippen LogP contribution in [0.5, 0.6) is 0 Å². The molecule has 0 aliphatic carbocycles. The van der Waals surface area contributed by atoms with Crippen LogP contribution in [-0.2, 0) is 6.54 Å². The van der Waals surface area contributed by atoms with E-state index in [1.54, 1.807) is 36.4 Å². The molecule has 7 heteroatoms. The van der Waals surface area contributed by atoms with Crippen LogP contribution in [0, 0.1) is 11.8 Å². The van der Waals surface area contributed by atoms with Crippen LogP contribution >= 0.6 is 0 Å². The summed E-state index contributed by atoms with van der Waals surface area (Å²) < 4.78 is 4.15. The third kappa shape index (κ3) is 4.12. The van der Waals surface area contributed by atoms with Crippen LogP contribution in [0.2, 0.25) is 0 Å². The highest BCUT2D eigenvalue weighted by Gasteiger charge is 2.22. The van der Waals surface area contributed by atoms with E-state index in [1.165, 1.54) is 19.3 Å². The van der Waals surface area contributed by atoms with Gasteiger partial charge in [-0.05, 0) is 73.9 Å². The summed E-state index contributed by atoms with van der Waals surface area (Å²) >= 11 is 0. The number of imidazole rings is 1. The van der Waals surface area contributed by atoms with Gasteiger partial charge >= 0.3 is 0 Å². The van der Waals surface area contributed by atoms with Gasteiger partial charge in [0.05, 0.1) is 22.3 Å². The van der Waals surface area contributed by atoms with Gasteiger partial charge in [0.25, 0.3) is 0 Å². The van der Waals surface area contributed by atoms with E-state index in [2.05, 4.69) is 26.8 Å². The minimum Gasteiger partial charge on any atom is -0.322 e. The Labute approximate surface area is 192 Å². The first-order valence-electron chi connectivity index (χ1n) is 11.5. The van der Waals surface area contributed by atoms with Crippen LogP contribution in [0.15, 0.2) is 59.8 Å². The maximum atomic E-state index is 13.3. The lowest BCUT2D eigenvalue weighted by molar-refractivity contribution is 0.104. The molecule has 0 unspecified atom stereocenters. The molecule has 3 heterocycles. The zero-order chi connectivity index (χ0) is 22.8. The van der Waals surface area contributed by atoms with Crippen LogP contribution in [0.3, 0.4) is 0 Å². The number of hydrogen-bond donors (Lipinski definition) is 0. The minimum atomic E-state index is -0.0814. The largest absolute Gasteiger partial charge is 0.322 e. The van der Waals surface area contributed by atoms with E-state index in [0.717, 1.165) is 54.1 Å². The predicted molar refractivity (Wildman–Crippen MR) is 131 cm³/mol. The molecule has 2 aromatic carbocycles. The Morgan fingerprint density at radius 1 is 1.00 bits per heavy atom. The van der Waals surface area contributed by atoms with Gasteiger partial charge in [0.2, 0.25) is 0 Å². The summed E-state index contributed by atoms with van der Waals surface area (Å²) in [6.45, 7) is 5.94. The van der Waals surface area contributed by atoms with Gasteiger partial charge in [-0.15, -0.1) is 4.91 Å². The number of fused-ring (bicyclic) bond motifs is 3. The smallest absolute Gasteiger partial charge is 0.191 e. The van der Waals surface area contributed by atoms with E-state index in [9.17, 15) is 9.70 Å². The molecule has 1 aliphatic rings. The first kappa shape index (κ1) is 21.3. The summed E-state index contributed by atoms with van der Waals surface area (Å²) in [5, 5.41) is 7.65. The molecule has 2 aromatic heterocycles. The number of aryl methyl sites for hydroxylation is 1. The highest BCUT2D eigenvalue weighted by atomic mass is 16.3.